The van der Waals surface area contributed by atoms with Crippen LogP contribution in [-0.2, 0) is 4.79 Å². The summed E-state index contributed by atoms with van der Waals surface area (Å²) in [5, 5.41) is 7.97. The Morgan fingerprint density at radius 1 is 1.21 bits per heavy atom. The van der Waals surface area contributed by atoms with Gasteiger partial charge in [-0.25, -0.2) is 9.67 Å². The molecule has 0 radical (unpaired) electrons. The monoisotopic (exact) mass is 384 g/mol. The molecule has 4 rings (SSSR count). The number of aromatic nitrogens is 3. The number of carbonyl (C=O) groups excluding carboxylic acids is 2. The highest BCUT2D eigenvalue weighted by atomic mass is 16.2. The predicted molar refractivity (Wildman–Crippen MR) is 106 cm³/mol. The maximum atomic E-state index is 13.3. The molecule has 2 aromatic rings. The van der Waals surface area contributed by atoms with Crippen molar-refractivity contribution in [2.75, 3.05) is 39.8 Å². The van der Waals surface area contributed by atoms with Crippen molar-refractivity contribution in [2.45, 2.75) is 38.6 Å². The van der Waals surface area contributed by atoms with Gasteiger partial charge in [-0.1, -0.05) is 0 Å². The number of nitrogens with zero attached hydrogens (tertiary/aromatic N) is 5. The molecule has 1 saturated heterocycles. The smallest absolute Gasteiger partial charge is 0.254 e. The number of fused-ring (bicyclic) bond motifs is 1. The Balaban J connectivity index is 1.58. The molecule has 2 aliphatic rings. The molecule has 1 N–H and O–H groups in total. The molecule has 150 valence electrons. The molecular weight excluding hydrogens is 356 g/mol. The van der Waals surface area contributed by atoms with Gasteiger partial charge in [-0.2, -0.15) is 5.10 Å². The first-order chi connectivity index (χ1) is 13.5. The molecule has 0 unspecified atom stereocenters. The van der Waals surface area contributed by atoms with Gasteiger partial charge in [-0.05, 0) is 32.8 Å². The summed E-state index contributed by atoms with van der Waals surface area (Å²) in [6.07, 6.45) is 4.05. The van der Waals surface area contributed by atoms with Gasteiger partial charge in [0.05, 0.1) is 23.7 Å². The van der Waals surface area contributed by atoms with Crippen molar-refractivity contribution in [2.24, 2.45) is 0 Å². The number of amides is 2. The SMILES string of the molecule is CNC(=O)CN1CCN(C(=O)c2cc(C3CC3)nc3c2cnn3C(C)C)CC1. The molecule has 0 spiro atoms. The topological polar surface area (TPSA) is 83.4 Å². The minimum absolute atomic E-state index is 0.00536. The minimum Gasteiger partial charge on any atom is -0.358 e. The van der Waals surface area contributed by atoms with Crippen molar-refractivity contribution in [1.82, 2.24) is 29.9 Å². The first kappa shape index (κ1) is 18.9. The van der Waals surface area contributed by atoms with Crippen LogP contribution in [-0.4, -0.2) is 76.2 Å². The number of rotatable bonds is 5. The number of pyridine rings is 1. The molecule has 2 fully saturated rings. The molecule has 1 saturated carbocycles. The lowest BCUT2D eigenvalue weighted by Crippen LogP contribution is -2.50. The van der Waals surface area contributed by atoms with Gasteiger partial charge in [-0.3, -0.25) is 14.5 Å². The molecule has 1 aliphatic heterocycles. The number of likely N-dealkylation sites (N-methyl/N-ethyl adjacent to an activating group) is 1. The van der Waals surface area contributed by atoms with E-state index in [2.05, 4.69) is 29.2 Å². The second-order valence-electron chi connectivity index (χ2n) is 8.03. The van der Waals surface area contributed by atoms with Crippen LogP contribution in [0.5, 0.6) is 0 Å². The van der Waals surface area contributed by atoms with E-state index in [1.807, 2.05) is 15.6 Å². The van der Waals surface area contributed by atoms with E-state index in [4.69, 9.17) is 4.98 Å². The maximum Gasteiger partial charge on any atom is 0.254 e. The van der Waals surface area contributed by atoms with Crippen LogP contribution in [0.1, 0.15) is 54.7 Å². The molecule has 8 nitrogen and oxygen atoms in total. The van der Waals surface area contributed by atoms with E-state index in [0.717, 1.165) is 29.6 Å². The van der Waals surface area contributed by atoms with Gasteiger partial charge in [0.1, 0.15) is 0 Å². The molecule has 0 aromatic carbocycles. The normalized spacial score (nSPS) is 18.1. The molecule has 1 aliphatic carbocycles. The van der Waals surface area contributed by atoms with Crippen LogP contribution in [0.4, 0.5) is 0 Å². The first-order valence-corrected chi connectivity index (χ1v) is 10.1. The molecule has 28 heavy (non-hydrogen) atoms. The number of hydrogen-bond acceptors (Lipinski definition) is 5. The van der Waals surface area contributed by atoms with E-state index in [-0.39, 0.29) is 17.9 Å². The Kier molecular flexibility index (Phi) is 5.05. The lowest BCUT2D eigenvalue weighted by atomic mass is 10.1. The summed E-state index contributed by atoms with van der Waals surface area (Å²) < 4.78 is 1.90. The third-order valence-electron chi connectivity index (χ3n) is 5.61. The average molecular weight is 384 g/mol. The van der Waals surface area contributed by atoms with Crippen LogP contribution in [0.3, 0.4) is 0 Å². The molecule has 0 bridgehead atoms. The molecular formula is C20H28N6O2. The highest BCUT2D eigenvalue weighted by molar-refractivity contribution is 6.05. The van der Waals surface area contributed by atoms with Crippen molar-refractivity contribution < 1.29 is 9.59 Å². The fraction of sp³-hybridized carbons (Fsp3) is 0.600. The molecule has 0 atom stereocenters. The molecule has 2 amide bonds. The lowest BCUT2D eigenvalue weighted by molar-refractivity contribution is -0.122. The number of nitrogens with one attached hydrogen (secondary N) is 1. The summed E-state index contributed by atoms with van der Waals surface area (Å²) >= 11 is 0. The van der Waals surface area contributed by atoms with Gasteiger partial charge in [0.2, 0.25) is 5.91 Å². The van der Waals surface area contributed by atoms with E-state index >= 15 is 0 Å². The van der Waals surface area contributed by atoms with Gasteiger partial charge in [0, 0.05) is 50.9 Å². The van der Waals surface area contributed by atoms with Crippen molar-refractivity contribution in [3.05, 3.63) is 23.5 Å². The summed E-state index contributed by atoms with van der Waals surface area (Å²) in [6.45, 7) is 7.18. The Labute approximate surface area is 164 Å². The fourth-order valence-corrected chi connectivity index (χ4v) is 3.74. The molecule has 8 heteroatoms. The standard InChI is InChI=1S/C20H28N6O2/c1-13(2)26-19-16(11-22-26)15(10-17(23-19)14-4-5-14)20(28)25-8-6-24(7-9-25)12-18(27)21-3/h10-11,13-14H,4-9,12H2,1-3H3,(H,21,27). The summed E-state index contributed by atoms with van der Waals surface area (Å²) in [5.74, 6) is 0.513. The van der Waals surface area contributed by atoms with Crippen LogP contribution < -0.4 is 5.32 Å². The Morgan fingerprint density at radius 3 is 2.54 bits per heavy atom. The Bertz CT molecular complexity index is 893. The van der Waals surface area contributed by atoms with Crippen LogP contribution in [0.2, 0.25) is 0 Å². The van der Waals surface area contributed by atoms with E-state index in [0.29, 0.717) is 44.2 Å². The summed E-state index contributed by atoms with van der Waals surface area (Å²) in [4.78, 5) is 33.7. The predicted octanol–water partition coefficient (Wildman–Crippen LogP) is 1.39. The van der Waals surface area contributed by atoms with Gasteiger partial charge in [0.15, 0.2) is 5.65 Å². The van der Waals surface area contributed by atoms with Crippen LogP contribution >= 0.6 is 0 Å². The molecule has 2 aromatic heterocycles. The fourth-order valence-electron chi connectivity index (χ4n) is 3.74. The zero-order valence-corrected chi connectivity index (χ0v) is 16.8. The Hall–Kier alpha value is -2.48. The maximum absolute atomic E-state index is 13.3. The zero-order valence-electron chi connectivity index (χ0n) is 16.8. The largest absolute Gasteiger partial charge is 0.358 e. The quantitative estimate of drug-likeness (QED) is 0.842. The Morgan fingerprint density at radius 2 is 1.93 bits per heavy atom. The minimum atomic E-state index is 0.00536. The highest BCUT2D eigenvalue weighted by Crippen LogP contribution is 2.40. The number of piperazine rings is 1. The van der Waals surface area contributed by atoms with Gasteiger partial charge >= 0.3 is 0 Å². The van der Waals surface area contributed by atoms with Crippen molar-refractivity contribution in [3.63, 3.8) is 0 Å². The van der Waals surface area contributed by atoms with E-state index in [1.165, 1.54) is 0 Å². The van der Waals surface area contributed by atoms with E-state index in [9.17, 15) is 9.59 Å². The van der Waals surface area contributed by atoms with Crippen LogP contribution in [0, 0.1) is 0 Å². The van der Waals surface area contributed by atoms with Crippen LogP contribution in [0.25, 0.3) is 11.0 Å². The van der Waals surface area contributed by atoms with E-state index < -0.39 is 0 Å². The zero-order chi connectivity index (χ0) is 19.8. The lowest BCUT2D eigenvalue weighted by Gasteiger charge is -2.34. The number of carbonyl (C=O) groups is 2. The average Bonchev–Trinajstić information content (AvgIpc) is 3.46. The summed E-state index contributed by atoms with van der Waals surface area (Å²) in [5.41, 5.74) is 2.52. The van der Waals surface area contributed by atoms with Crippen molar-refractivity contribution in [3.8, 4) is 0 Å². The molecule has 3 heterocycles. The number of hydrogen-bond donors (Lipinski definition) is 1. The van der Waals surface area contributed by atoms with Gasteiger partial charge < -0.3 is 10.2 Å². The van der Waals surface area contributed by atoms with Gasteiger partial charge in [0.25, 0.3) is 5.91 Å². The third kappa shape index (κ3) is 3.61. The second-order valence-corrected chi connectivity index (χ2v) is 8.03. The van der Waals surface area contributed by atoms with Crippen molar-refractivity contribution in [1.29, 1.82) is 0 Å². The van der Waals surface area contributed by atoms with Gasteiger partial charge in [-0.15, -0.1) is 0 Å². The summed E-state index contributed by atoms with van der Waals surface area (Å²) in [7, 11) is 1.64. The summed E-state index contributed by atoms with van der Waals surface area (Å²) in [6, 6.07) is 2.17. The third-order valence-corrected chi connectivity index (χ3v) is 5.61. The van der Waals surface area contributed by atoms with Crippen LogP contribution in [0.15, 0.2) is 12.3 Å². The second kappa shape index (κ2) is 7.50. The van der Waals surface area contributed by atoms with Crippen molar-refractivity contribution >= 4 is 22.8 Å². The van der Waals surface area contributed by atoms with E-state index in [1.54, 1.807) is 13.2 Å². The first-order valence-electron chi connectivity index (χ1n) is 10.1. The highest BCUT2D eigenvalue weighted by Gasteiger charge is 2.30.